The Morgan fingerprint density at radius 2 is 2.38 bits per heavy atom. The molecule has 3 rings (SSSR count). The van der Waals surface area contributed by atoms with E-state index in [1.165, 1.54) is 11.3 Å². The Balaban J connectivity index is 2.10. The van der Waals surface area contributed by atoms with Crippen molar-refractivity contribution in [3.63, 3.8) is 0 Å². The van der Waals surface area contributed by atoms with E-state index < -0.39 is 0 Å². The van der Waals surface area contributed by atoms with Crippen LogP contribution in [0.25, 0.3) is 0 Å². The molecule has 3 heterocycles. The van der Waals surface area contributed by atoms with E-state index in [0.717, 1.165) is 24.5 Å². The molecule has 0 amide bonds. The Labute approximate surface area is 94.2 Å². The van der Waals surface area contributed by atoms with E-state index in [1.54, 1.807) is 0 Å². The topological polar surface area (TPSA) is 43.0 Å². The van der Waals surface area contributed by atoms with Gasteiger partial charge in [-0.25, -0.2) is 0 Å². The van der Waals surface area contributed by atoms with Crippen molar-refractivity contribution >= 4 is 0 Å². The summed E-state index contributed by atoms with van der Waals surface area (Å²) >= 11 is 0. The summed E-state index contributed by atoms with van der Waals surface area (Å²) in [4.78, 5) is 0. The number of rotatable bonds is 1. The number of aryl methyl sites for hydroxylation is 2. The Hall–Kier alpha value is -1.55. The number of nitrogens with one attached hydrogen (secondary N) is 1. The fourth-order valence-electron chi connectivity index (χ4n) is 2.48. The zero-order valence-corrected chi connectivity index (χ0v) is 9.53. The van der Waals surface area contributed by atoms with Crippen LogP contribution >= 0.6 is 0 Å². The van der Waals surface area contributed by atoms with Gasteiger partial charge in [0.15, 0.2) is 0 Å². The summed E-state index contributed by atoms with van der Waals surface area (Å²) in [5.41, 5.74) is 3.45. The summed E-state index contributed by atoms with van der Waals surface area (Å²) in [6, 6.07) is 4.46. The van der Waals surface area contributed by atoms with Gasteiger partial charge in [-0.3, -0.25) is 0 Å². The number of hydrogen-bond acceptors (Lipinski definition) is 3. The lowest BCUT2D eigenvalue weighted by molar-refractivity contribution is 0.389. The molecule has 0 bridgehead atoms. The molecule has 2 aromatic rings. The fourth-order valence-corrected chi connectivity index (χ4v) is 2.48. The van der Waals surface area contributed by atoms with Crippen LogP contribution in [0.1, 0.15) is 28.8 Å². The lowest BCUT2D eigenvalue weighted by atomic mass is 10.0. The highest BCUT2D eigenvalue weighted by atomic mass is 16.5. The minimum atomic E-state index is 0.218. The Morgan fingerprint density at radius 3 is 3.12 bits per heavy atom. The predicted molar refractivity (Wildman–Crippen MR) is 60.3 cm³/mol. The van der Waals surface area contributed by atoms with E-state index in [9.17, 15) is 0 Å². The molecule has 1 N–H and O–H groups in total. The largest absolute Gasteiger partial charge is 0.361 e. The quantitative estimate of drug-likeness (QED) is 0.791. The van der Waals surface area contributed by atoms with Crippen molar-refractivity contribution in [3.05, 3.63) is 41.0 Å². The summed E-state index contributed by atoms with van der Waals surface area (Å²) in [6.45, 7) is 5.98. The van der Waals surface area contributed by atoms with Gasteiger partial charge in [0.25, 0.3) is 0 Å². The van der Waals surface area contributed by atoms with Crippen LogP contribution in [0.15, 0.2) is 22.9 Å². The van der Waals surface area contributed by atoms with Crippen LogP contribution in [0.5, 0.6) is 0 Å². The van der Waals surface area contributed by atoms with Gasteiger partial charge < -0.3 is 14.4 Å². The highest BCUT2D eigenvalue weighted by Crippen LogP contribution is 2.29. The van der Waals surface area contributed by atoms with Gasteiger partial charge in [-0.2, -0.15) is 0 Å². The first-order chi connectivity index (χ1) is 7.77. The maximum absolute atomic E-state index is 5.24. The molecule has 0 unspecified atom stereocenters. The van der Waals surface area contributed by atoms with Crippen LogP contribution in [0.3, 0.4) is 0 Å². The maximum atomic E-state index is 5.24. The third-order valence-corrected chi connectivity index (χ3v) is 3.24. The van der Waals surface area contributed by atoms with Crippen LogP contribution in [-0.4, -0.2) is 16.3 Å². The van der Waals surface area contributed by atoms with Gasteiger partial charge in [-0.15, -0.1) is 0 Å². The van der Waals surface area contributed by atoms with Gasteiger partial charge in [-0.05, 0) is 26.0 Å². The molecule has 0 radical (unpaired) electrons. The molecule has 16 heavy (non-hydrogen) atoms. The maximum Gasteiger partial charge on any atom is 0.139 e. The predicted octanol–water partition coefficient (Wildman–Crippen LogP) is 1.79. The molecule has 4 heteroatoms. The smallest absolute Gasteiger partial charge is 0.139 e. The van der Waals surface area contributed by atoms with Crippen molar-refractivity contribution in [2.24, 2.45) is 0 Å². The van der Waals surface area contributed by atoms with Gasteiger partial charge in [0, 0.05) is 30.5 Å². The minimum Gasteiger partial charge on any atom is -0.361 e. The van der Waals surface area contributed by atoms with Gasteiger partial charge in [0.2, 0.25) is 0 Å². The summed E-state index contributed by atoms with van der Waals surface area (Å²) in [6.07, 6.45) is 2.13. The van der Waals surface area contributed by atoms with Crippen molar-refractivity contribution in [2.75, 3.05) is 6.54 Å². The number of nitrogens with zero attached hydrogens (tertiary/aromatic N) is 2. The van der Waals surface area contributed by atoms with E-state index in [2.05, 4.69) is 33.4 Å². The molecule has 0 aromatic carbocycles. The highest BCUT2D eigenvalue weighted by molar-refractivity contribution is 5.34. The first kappa shape index (κ1) is 9.66. The van der Waals surface area contributed by atoms with Gasteiger partial charge in [0.1, 0.15) is 5.76 Å². The molecule has 4 nitrogen and oxygen atoms in total. The molecule has 0 aliphatic carbocycles. The van der Waals surface area contributed by atoms with E-state index in [0.29, 0.717) is 0 Å². The zero-order chi connectivity index (χ0) is 11.1. The van der Waals surface area contributed by atoms with Crippen molar-refractivity contribution in [1.29, 1.82) is 0 Å². The summed E-state index contributed by atoms with van der Waals surface area (Å²) in [5, 5.41) is 7.55. The summed E-state index contributed by atoms with van der Waals surface area (Å²) < 4.78 is 7.53. The van der Waals surface area contributed by atoms with Gasteiger partial charge in [-0.1, -0.05) is 5.16 Å². The zero-order valence-electron chi connectivity index (χ0n) is 9.53. The van der Waals surface area contributed by atoms with Crippen LogP contribution in [-0.2, 0) is 6.54 Å². The Bertz CT molecular complexity index is 493. The highest BCUT2D eigenvalue weighted by Gasteiger charge is 2.26. The number of aromatic nitrogens is 2. The standard InChI is InChI=1S/C12H15N3O/c1-8-11(9(2)16-14-8)12-10-4-3-6-15(10)7-5-13-12/h3-4,6,12-13H,5,7H2,1-2H3/t12-/m0/s1. The molecular weight excluding hydrogens is 202 g/mol. The lowest BCUT2D eigenvalue weighted by Gasteiger charge is -2.26. The van der Waals surface area contributed by atoms with Crippen molar-refractivity contribution < 1.29 is 4.52 Å². The van der Waals surface area contributed by atoms with Crippen LogP contribution in [0.4, 0.5) is 0 Å². The molecule has 0 saturated heterocycles. The summed E-state index contributed by atoms with van der Waals surface area (Å²) in [5.74, 6) is 0.907. The number of fused-ring (bicyclic) bond motifs is 1. The van der Waals surface area contributed by atoms with E-state index in [-0.39, 0.29) is 6.04 Å². The van der Waals surface area contributed by atoms with Crippen molar-refractivity contribution in [1.82, 2.24) is 15.0 Å². The van der Waals surface area contributed by atoms with Gasteiger partial charge in [0.05, 0.1) is 11.7 Å². The summed E-state index contributed by atoms with van der Waals surface area (Å²) in [7, 11) is 0. The second-order valence-electron chi connectivity index (χ2n) is 4.25. The Kier molecular flexibility index (Phi) is 2.11. The van der Waals surface area contributed by atoms with E-state index in [1.807, 2.05) is 13.8 Å². The molecule has 0 spiro atoms. The molecule has 1 aliphatic heterocycles. The molecule has 84 valence electrons. The first-order valence-electron chi connectivity index (χ1n) is 5.58. The SMILES string of the molecule is Cc1noc(C)c1[C@H]1NCCn2cccc21. The third-order valence-electron chi connectivity index (χ3n) is 3.24. The minimum absolute atomic E-state index is 0.218. The fraction of sp³-hybridized carbons (Fsp3) is 0.417. The number of hydrogen-bond donors (Lipinski definition) is 1. The Morgan fingerprint density at radius 1 is 1.50 bits per heavy atom. The van der Waals surface area contributed by atoms with Crippen molar-refractivity contribution in [3.8, 4) is 0 Å². The molecule has 1 aliphatic rings. The average Bonchev–Trinajstić information content (AvgIpc) is 2.86. The monoisotopic (exact) mass is 217 g/mol. The van der Waals surface area contributed by atoms with Crippen LogP contribution in [0, 0.1) is 13.8 Å². The lowest BCUT2D eigenvalue weighted by Crippen LogP contribution is -2.33. The third kappa shape index (κ3) is 1.30. The molecule has 1 atom stereocenters. The van der Waals surface area contributed by atoms with Gasteiger partial charge >= 0.3 is 0 Å². The first-order valence-corrected chi connectivity index (χ1v) is 5.58. The molecule has 2 aromatic heterocycles. The van der Waals surface area contributed by atoms with E-state index in [4.69, 9.17) is 4.52 Å². The normalized spacial score (nSPS) is 19.8. The van der Waals surface area contributed by atoms with E-state index >= 15 is 0 Å². The molecule has 0 saturated carbocycles. The second-order valence-corrected chi connectivity index (χ2v) is 4.25. The van der Waals surface area contributed by atoms with Crippen LogP contribution < -0.4 is 5.32 Å². The second kappa shape index (κ2) is 3.49. The van der Waals surface area contributed by atoms with Crippen molar-refractivity contribution in [2.45, 2.75) is 26.4 Å². The molecule has 0 fully saturated rings. The van der Waals surface area contributed by atoms with Crippen LogP contribution in [0.2, 0.25) is 0 Å². The average molecular weight is 217 g/mol. The molecular formula is C12H15N3O.